The SMILES string of the molecule is C[C@H]1CNCCN1C(=O)CNS(=O)(=O)c1ccc(Cl)s1.Cl. The number of piperazine rings is 1. The first-order valence-corrected chi connectivity index (χ1v) is 8.83. The van der Waals surface area contributed by atoms with Crippen molar-refractivity contribution in [1.82, 2.24) is 14.9 Å². The summed E-state index contributed by atoms with van der Waals surface area (Å²) in [5, 5.41) is 3.17. The molecule has 1 saturated heterocycles. The Kier molecular flexibility index (Phi) is 6.89. The van der Waals surface area contributed by atoms with E-state index in [2.05, 4.69) is 10.0 Å². The maximum Gasteiger partial charge on any atom is 0.250 e. The highest BCUT2D eigenvalue weighted by Crippen LogP contribution is 2.25. The third-order valence-electron chi connectivity index (χ3n) is 3.05. The van der Waals surface area contributed by atoms with Gasteiger partial charge in [-0.3, -0.25) is 4.79 Å². The lowest BCUT2D eigenvalue weighted by Crippen LogP contribution is -2.54. The minimum absolute atomic E-state index is 0. The second-order valence-corrected chi connectivity index (χ2v) is 8.23. The van der Waals surface area contributed by atoms with E-state index < -0.39 is 10.0 Å². The molecular formula is C11H17Cl2N3O3S2. The third kappa shape index (κ3) is 4.80. The average molecular weight is 374 g/mol. The highest BCUT2D eigenvalue weighted by atomic mass is 35.5. The van der Waals surface area contributed by atoms with Gasteiger partial charge in [0.05, 0.1) is 10.9 Å². The molecule has 0 radical (unpaired) electrons. The topological polar surface area (TPSA) is 78.5 Å². The molecule has 0 aliphatic carbocycles. The predicted octanol–water partition coefficient (Wildman–Crippen LogP) is 0.922. The van der Waals surface area contributed by atoms with Crippen LogP contribution >= 0.6 is 35.3 Å². The Morgan fingerprint density at radius 2 is 2.29 bits per heavy atom. The molecule has 0 unspecified atom stereocenters. The van der Waals surface area contributed by atoms with Crippen molar-refractivity contribution in [1.29, 1.82) is 0 Å². The summed E-state index contributed by atoms with van der Waals surface area (Å²) >= 11 is 6.68. The minimum Gasteiger partial charge on any atom is -0.336 e. The van der Waals surface area contributed by atoms with Gasteiger partial charge in [0.25, 0.3) is 10.0 Å². The van der Waals surface area contributed by atoms with E-state index in [-0.39, 0.29) is 35.1 Å². The lowest BCUT2D eigenvalue weighted by Gasteiger charge is -2.34. The molecule has 1 aliphatic heterocycles. The van der Waals surface area contributed by atoms with Crippen LogP contribution in [0.4, 0.5) is 0 Å². The Hall–Kier alpha value is -0.380. The largest absolute Gasteiger partial charge is 0.336 e. The molecule has 1 fully saturated rings. The van der Waals surface area contributed by atoms with Crippen molar-refractivity contribution >= 4 is 51.3 Å². The molecule has 1 atom stereocenters. The normalized spacial score (nSPS) is 19.1. The summed E-state index contributed by atoms with van der Waals surface area (Å²) in [6.07, 6.45) is 0. The van der Waals surface area contributed by atoms with Crippen molar-refractivity contribution in [2.45, 2.75) is 17.2 Å². The van der Waals surface area contributed by atoms with Crippen LogP contribution in [0.15, 0.2) is 16.3 Å². The summed E-state index contributed by atoms with van der Waals surface area (Å²) < 4.78 is 26.8. The molecule has 0 bridgehead atoms. The zero-order valence-corrected chi connectivity index (χ0v) is 14.5. The molecule has 0 spiro atoms. The van der Waals surface area contributed by atoms with E-state index >= 15 is 0 Å². The van der Waals surface area contributed by atoms with E-state index in [1.807, 2.05) is 6.92 Å². The zero-order valence-electron chi connectivity index (χ0n) is 11.3. The monoisotopic (exact) mass is 373 g/mol. The van der Waals surface area contributed by atoms with Crippen LogP contribution in [0.1, 0.15) is 6.92 Å². The van der Waals surface area contributed by atoms with Crippen molar-refractivity contribution in [2.75, 3.05) is 26.2 Å². The van der Waals surface area contributed by atoms with Gasteiger partial charge in [-0.1, -0.05) is 11.6 Å². The van der Waals surface area contributed by atoms with Gasteiger partial charge in [-0.2, -0.15) is 0 Å². The number of hydrogen-bond acceptors (Lipinski definition) is 5. The number of halogens is 2. The zero-order chi connectivity index (χ0) is 14.8. The smallest absolute Gasteiger partial charge is 0.250 e. The number of amides is 1. The highest BCUT2D eigenvalue weighted by molar-refractivity contribution is 7.91. The van der Waals surface area contributed by atoms with Crippen molar-refractivity contribution in [3.05, 3.63) is 16.5 Å². The van der Waals surface area contributed by atoms with Gasteiger partial charge in [0.2, 0.25) is 5.91 Å². The lowest BCUT2D eigenvalue weighted by molar-refractivity contribution is -0.132. The van der Waals surface area contributed by atoms with E-state index in [0.29, 0.717) is 10.9 Å². The summed E-state index contributed by atoms with van der Waals surface area (Å²) in [6, 6.07) is 3.01. The number of nitrogens with one attached hydrogen (secondary N) is 2. The van der Waals surface area contributed by atoms with Crippen molar-refractivity contribution in [2.24, 2.45) is 0 Å². The van der Waals surface area contributed by atoms with E-state index in [9.17, 15) is 13.2 Å². The maximum atomic E-state index is 12.0. The molecule has 2 heterocycles. The van der Waals surface area contributed by atoms with Crippen LogP contribution in [0.5, 0.6) is 0 Å². The standard InChI is InChI=1S/C11H16ClN3O3S2.ClH/c1-8-6-13-4-5-15(8)10(16)7-14-20(17,18)11-3-2-9(12)19-11;/h2-3,8,13-14H,4-7H2,1H3;1H/t8-;/m0./s1. The Bertz CT molecular complexity index is 591. The molecule has 0 saturated carbocycles. The van der Waals surface area contributed by atoms with Gasteiger partial charge >= 0.3 is 0 Å². The van der Waals surface area contributed by atoms with Crippen molar-refractivity contribution in [3.8, 4) is 0 Å². The molecule has 120 valence electrons. The molecule has 10 heteroatoms. The van der Waals surface area contributed by atoms with E-state index in [0.717, 1.165) is 24.4 Å². The predicted molar refractivity (Wildman–Crippen MR) is 85.8 cm³/mol. The number of thiophene rings is 1. The third-order valence-corrected chi connectivity index (χ3v) is 6.17. The summed E-state index contributed by atoms with van der Waals surface area (Å²) in [5.41, 5.74) is 0. The van der Waals surface area contributed by atoms with Gasteiger partial charge in [0.1, 0.15) is 4.21 Å². The maximum absolute atomic E-state index is 12.0. The molecule has 6 nitrogen and oxygen atoms in total. The van der Waals surface area contributed by atoms with Crippen LogP contribution in [0, 0.1) is 0 Å². The number of sulfonamides is 1. The summed E-state index contributed by atoms with van der Waals surface area (Å²) in [5.74, 6) is -0.217. The number of nitrogens with zero attached hydrogens (tertiary/aromatic N) is 1. The van der Waals surface area contributed by atoms with E-state index in [4.69, 9.17) is 11.6 Å². The number of rotatable bonds is 4. The highest BCUT2D eigenvalue weighted by Gasteiger charge is 2.25. The Labute approximate surface area is 139 Å². The van der Waals surface area contributed by atoms with Crippen molar-refractivity contribution in [3.63, 3.8) is 0 Å². The molecular weight excluding hydrogens is 357 g/mol. The van der Waals surface area contributed by atoms with Crippen LogP contribution in [0.2, 0.25) is 4.34 Å². The first-order chi connectivity index (χ1) is 9.40. The lowest BCUT2D eigenvalue weighted by atomic mass is 10.2. The van der Waals surface area contributed by atoms with Crippen LogP contribution < -0.4 is 10.0 Å². The molecule has 0 aromatic carbocycles. The Balaban J connectivity index is 0.00000220. The first-order valence-electron chi connectivity index (χ1n) is 6.15. The summed E-state index contributed by atoms with van der Waals surface area (Å²) in [7, 11) is -3.67. The second kappa shape index (κ2) is 7.75. The van der Waals surface area contributed by atoms with E-state index in [1.165, 1.54) is 12.1 Å². The molecule has 2 rings (SSSR count). The van der Waals surface area contributed by atoms with Gasteiger partial charge in [-0.15, -0.1) is 23.7 Å². The second-order valence-electron chi connectivity index (χ2n) is 4.52. The molecule has 21 heavy (non-hydrogen) atoms. The van der Waals surface area contributed by atoms with Gasteiger partial charge in [-0.05, 0) is 19.1 Å². The number of carbonyl (C=O) groups excluding carboxylic acids is 1. The molecule has 1 aromatic rings. The average Bonchev–Trinajstić information content (AvgIpc) is 2.84. The number of hydrogen-bond donors (Lipinski definition) is 2. The molecule has 2 N–H and O–H groups in total. The fraction of sp³-hybridized carbons (Fsp3) is 0.545. The number of carbonyl (C=O) groups is 1. The van der Waals surface area contributed by atoms with Crippen LogP contribution in [-0.4, -0.2) is 51.4 Å². The quantitative estimate of drug-likeness (QED) is 0.822. The summed E-state index contributed by atoms with van der Waals surface area (Å²) in [4.78, 5) is 13.7. The Morgan fingerprint density at radius 1 is 1.57 bits per heavy atom. The van der Waals surface area contributed by atoms with Gasteiger partial charge < -0.3 is 10.2 Å². The minimum atomic E-state index is -3.67. The van der Waals surface area contributed by atoms with Gasteiger partial charge in [-0.25, -0.2) is 13.1 Å². The first kappa shape index (κ1) is 18.7. The Morgan fingerprint density at radius 3 is 2.86 bits per heavy atom. The molecule has 1 aliphatic rings. The van der Waals surface area contributed by atoms with Crippen LogP contribution in [0.25, 0.3) is 0 Å². The molecule has 1 amide bonds. The van der Waals surface area contributed by atoms with Gasteiger partial charge in [0.15, 0.2) is 0 Å². The summed E-state index contributed by atoms with van der Waals surface area (Å²) in [6.45, 7) is 3.73. The van der Waals surface area contributed by atoms with Gasteiger partial charge in [0, 0.05) is 25.7 Å². The fourth-order valence-electron chi connectivity index (χ4n) is 1.98. The fourth-order valence-corrected chi connectivity index (χ4v) is 4.48. The van der Waals surface area contributed by atoms with Crippen LogP contribution in [-0.2, 0) is 14.8 Å². The van der Waals surface area contributed by atoms with E-state index in [1.54, 1.807) is 4.90 Å². The van der Waals surface area contributed by atoms with Crippen molar-refractivity contribution < 1.29 is 13.2 Å². The van der Waals surface area contributed by atoms with Crippen LogP contribution in [0.3, 0.4) is 0 Å². The molecule has 1 aromatic heterocycles.